The van der Waals surface area contributed by atoms with Gasteiger partial charge in [-0.15, -0.1) is 53.9 Å². The van der Waals surface area contributed by atoms with Crippen LogP contribution in [0, 0.1) is 0 Å². The summed E-state index contributed by atoms with van der Waals surface area (Å²) in [5.74, 6) is 1.92. The van der Waals surface area contributed by atoms with E-state index in [2.05, 4.69) is 75.5 Å². The Bertz CT molecular complexity index is 512. The number of hydrogen-bond donors (Lipinski definition) is 0. The maximum Gasteiger partial charge on any atom is 0.322 e. The summed E-state index contributed by atoms with van der Waals surface area (Å²) in [4.78, 5) is 3.42. The number of benzene rings is 1. The lowest BCUT2D eigenvalue weighted by Gasteiger charge is -2.34. The third-order valence-electron chi connectivity index (χ3n) is 3.38. The SMILES string of the molecule is PB(I)N1COc2c(ccc3c2OCN(PBI)C3)C1. The molecule has 0 radical (unpaired) electrons. The molecule has 2 heterocycles. The van der Waals surface area contributed by atoms with Gasteiger partial charge in [-0.25, -0.2) is 0 Å². The van der Waals surface area contributed by atoms with E-state index in [0.717, 1.165) is 38.1 Å². The maximum atomic E-state index is 5.96. The van der Waals surface area contributed by atoms with Crippen LogP contribution in [0.4, 0.5) is 0 Å². The molecule has 1 aromatic rings. The molecule has 0 N–H and O–H groups in total. The summed E-state index contributed by atoms with van der Waals surface area (Å²) in [6.07, 6.45) is 0. The van der Waals surface area contributed by atoms with Crippen molar-refractivity contribution >= 4 is 71.8 Å². The Morgan fingerprint density at radius 3 is 2.50 bits per heavy atom. The van der Waals surface area contributed by atoms with Crippen molar-refractivity contribution in [3.63, 3.8) is 0 Å². The van der Waals surface area contributed by atoms with Gasteiger partial charge in [-0.3, -0.25) is 9.48 Å². The molecule has 1 aromatic carbocycles. The molecular weight excluding hydrogens is 518 g/mol. The molecule has 10 heteroatoms. The van der Waals surface area contributed by atoms with E-state index in [-0.39, 0.29) is 0 Å². The van der Waals surface area contributed by atoms with Crippen molar-refractivity contribution in [3.8, 4) is 11.5 Å². The monoisotopic (exact) mass is 532 g/mol. The fourth-order valence-electron chi connectivity index (χ4n) is 2.36. The molecule has 106 valence electrons. The van der Waals surface area contributed by atoms with Gasteiger partial charge in [-0.1, -0.05) is 20.7 Å². The third kappa shape index (κ3) is 3.40. The van der Waals surface area contributed by atoms with Crippen LogP contribution in [0.5, 0.6) is 11.5 Å². The highest BCUT2D eigenvalue weighted by molar-refractivity contribution is 14.1. The lowest BCUT2D eigenvalue weighted by Crippen LogP contribution is -2.37. The number of rotatable bonds is 3. The molecule has 3 rings (SSSR count). The molecule has 2 atom stereocenters. The van der Waals surface area contributed by atoms with Crippen LogP contribution >= 0.6 is 62.5 Å². The second kappa shape index (κ2) is 7.18. The van der Waals surface area contributed by atoms with Crippen molar-refractivity contribution in [2.75, 3.05) is 13.5 Å². The molecule has 2 unspecified atom stereocenters. The highest BCUT2D eigenvalue weighted by Crippen LogP contribution is 2.42. The average molecular weight is 532 g/mol. The van der Waals surface area contributed by atoms with Crippen LogP contribution in [0.2, 0.25) is 0 Å². The van der Waals surface area contributed by atoms with Crippen LogP contribution in [0.15, 0.2) is 12.1 Å². The molecule has 0 aromatic heterocycles. The molecule has 2 aliphatic rings. The topological polar surface area (TPSA) is 24.9 Å². The second-order valence-corrected chi connectivity index (χ2v) is 11.5. The Labute approximate surface area is 151 Å². The van der Waals surface area contributed by atoms with E-state index in [1.807, 2.05) is 0 Å². The molecule has 0 spiro atoms. The summed E-state index contributed by atoms with van der Waals surface area (Å²) in [5.41, 5.74) is 2.47. The summed E-state index contributed by atoms with van der Waals surface area (Å²) in [6, 6.07) is 4.37. The smallest absolute Gasteiger partial charge is 0.322 e. The Hall–Kier alpha value is 1.19. The highest BCUT2D eigenvalue weighted by atomic mass is 127. The summed E-state index contributed by atoms with van der Waals surface area (Å²) in [6.45, 7) is 3.19. The van der Waals surface area contributed by atoms with Gasteiger partial charge in [0.05, 0.1) is 0 Å². The van der Waals surface area contributed by atoms with Crippen molar-refractivity contribution in [1.82, 2.24) is 9.48 Å². The van der Waals surface area contributed by atoms with E-state index < -0.39 is 0 Å². The minimum atomic E-state index is 0.387. The summed E-state index contributed by atoms with van der Waals surface area (Å²) < 4.78 is 14.7. The minimum absolute atomic E-state index is 0.387. The van der Waals surface area contributed by atoms with Crippen molar-refractivity contribution in [3.05, 3.63) is 23.3 Å². The van der Waals surface area contributed by atoms with Gasteiger partial charge in [0.15, 0.2) is 11.5 Å². The van der Waals surface area contributed by atoms with Crippen molar-refractivity contribution < 1.29 is 9.47 Å². The molecule has 0 saturated heterocycles. The first-order valence-corrected chi connectivity index (χ1v) is 10.9. The predicted octanol–water partition coefficient (Wildman–Crippen LogP) is 2.58. The fourth-order valence-corrected chi connectivity index (χ4v) is 4.96. The number of nitrogens with zero attached hydrogens (tertiary/aromatic N) is 2. The van der Waals surface area contributed by atoms with Crippen LogP contribution in [0.25, 0.3) is 0 Å². The van der Waals surface area contributed by atoms with Gasteiger partial charge in [-0.2, -0.15) is 0 Å². The van der Waals surface area contributed by atoms with Gasteiger partial charge >= 0.3 is 4.42 Å². The zero-order chi connectivity index (χ0) is 14.1. The summed E-state index contributed by atoms with van der Waals surface area (Å²) in [7, 11) is 3.63. The predicted molar refractivity (Wildman–Crippen MR) is 107 cm³/mol. The number of halogens is 2. The van der Waals surface area contributed by atoms with E-state index in [1.165, 1.54) is 11.1 Å². The van der Waals surface area contributed by atoms with Crippen LogP contribution in [-0.4, -0.2) is 32.2 Å². The first kappa shape index (κ1) is 16.1. The molecule has 20 heavy (non-hydrogen) atoms. The summed E-state index contributed by atoms with van der Waals surface area (Å²) >= 11 is 4.80. The molecule has 0 fully saturated rings. The minimum Gasteiger partial charge on any atom is -0.475 e. The quantitative estimate of drug-likeness (QED) is 0.340. The van der Waals surface area contributed by atoms with Crippen molar-refractivity contribution in [2.45, 2.75) is 13.1 Å². The van der Waals surface area contributed by atoms with Gasteiger partial charge in [0, 0.05) is 24.2 Å². The Morgan fingerprint density at radius 1 is 1.20 bits per heavy atom. The zero-order valence-electron chi connectivity index (χ0n) is 10.8. The van der Waals surface area contributed by atoms with Gasteiger partial charge in [0.2, 0.25) is 4.86 Å². The van der Waals surface area contributed by atoms with E-state index in [4.69, 9.17) is 9.47 Å². The first-order chi connectivity index (χ1) is 9.69. The van der Waals surface area contributed by atoms with E-state index >= 15 is 0 Å². The fraction of sp³-hybridized carbons (Fsp3) is 0.400. The highest BCUT2D eigenvalue weighted by Gasteiger charge is 2.28. The number of fused-ring (bicyclic) bond motifs is 3. The maximum absolute atomic E-state index is 5.96. The molecule has 0 bridgehead atoms. The largest absolute Gasteiger partial charge is 0.475 e. The number of hydrogen-bond acceptors (Lipinski definition) is 4. The van der Waals surface area contributed by atoms with Crippen LogP contribution in [0.1, 0.15) is 11.1 Å². The standard InChI is InChI=1S/C10H14B2I2N2O2P2/c13-11-20-16-4-8-2-1-7-3-15(12(14)19)5-17-9(7)10(8)18-6-16/h1-2,11,20H,3-6,19H2. The lowest BCUT2D eigenvalue weighted by molar-refractivity contribution is 0.138. The Kier molecular flexibility index (Phi) is 5.76. The van der Waals surface area contributed by atoms with E-state index in [9.17, 15) is 0 Å². The van der Waals surface area contributed by atoms with Gasteiger partial charge < -0.3 is 9.47 Å². The van der Waals surface area contributed by atoms with Gasteiger partial charge in [0.25, 0.3) is 0 Å². The van der Waals surface area contributed by atoms with E-state index in [1.54, 1.807) is 0 Å². The number of ether oxygens (including phenoxy) is 2. The molecule has 4 nitrogen and oxygen atoms in total. The van der Waals surface area contributed by atoms with Gasteiger partial charge in [-0.05, 0) is 0 Å². The molecular formula is C10H14B2I2N2O2P2. The van der Waals surface area contributed by atoms with Gasteiger partial charge in [0.1, 0.15) is 13.5 Å². The molecule has 0 saturated carbocycles. The lowest BCUT2D eigenvalue weighted by atomic mass is 10.0. The molecule has 2 aliphatic heterocycles. The normalized spacial score (nSPS) is 19.1. The van der Waals surface area contributed by atoms with Crippen molar-refractivity contribution in [2.24, 2.45) is 0 Å². The third-order valence-corrected chi connectivity index (χ3v) is 6.47. The van der Waals surface area contributed by atoms with Crippen LogP contribution in [-0.2, 0) is 13.1 Å². The van der Waals surface area contributed by atoms with Crippen LogP contribution < -0.4 is 9.47 Å². The Balaban J connectivity index is 1.83. The average Bonchev–Trinajstić information content (AvgIpc) is 2.46. The first-order valence-electron chi connectivity index (χ1n) is 6.27. The second-order valence-electron chi connectivity index (χ2n) is 4.70. The van der Waals surface area contributed by atoms with E-state index in [0.29, 0.717) is 17.9 Å². The van der Waals surface area contributed by atoms with Crippen LogP contribution in [0.3, 0.4) is 0 Å². The zero-order valence-corrected chi connectivity index (χ0v) is 17.3. The molecule has 0 aliphatic carbocycles. The molecule has 0 amide bonds. The summed E-state index contributed by atoms with van der Waals surface area (Å²) in [5, 5.41) is 0. The van der Waals surface area contributed by atoms with Crippen molar-refractivity contribution in [1.29, 1.82) is 0 Å². The Morgan fingerprint density at radius 2 is 1.85 bits per heavy atom.